The van der Waals surface area contributed by atoms with Crippen LogP contribution in [-0.4, -0.2) is 52.8 Å². The Labute approximate surface area is 120 Å². The number of imidazole rings is 1. The van der Waals surface area contributed by atoms with Crippen molar-refractivity contribution < 1.29 is 9.53 Å². The molecule has 1 fully saturated rings. The summed E-state index contributed by atoms with van der Waals surface area (Å²) in [6.45, 7) is 7.84. The molecule has 0 spiro atoms. The monoisotopic (exact) mass is 280 g/mol. The van der Waals surface area contributed by atoms with Crippen LogP contribution < -0.4 is 5.32 Å². The number of hydrogen-bond acceptors (Lipinski definition) is 3. The van der Waals surface area contributed by atoms with E-state index in [0.717, 1.165) is 39.3 Å². The third-order valence-corrected chi connectivity index (χ3v) is 3.59. The Morgan fingerprint density at radius 3 is 3.10 bits per heavy atom. The molecule has 2 atom stereocenters. The van der Waals surface area contributed by atoms with Crippen LogP contribution >= 0.6 is 0 Å². The average molecular weight is 280 g/mol. The van der Waals surface area contributed by atoms with Crippen LogP contribution in [0, 0.1) is 5.92 Å². The van der Waals surface area contributed by atoms with Crippen molar-refractivity contribution in [2.75, 3.05) is 26.3 Å². The van der Waals surface area contributed by atoms with Gasteiger partial charge in [0.25, 0.3) is 0 Å². The molecule has 0 saturated carbocycles. The van der Waals surface area contributed by atoms with E-state index >= 15 is 0 Å². The van der Waals surface area contributed by atoms with E-state index in [2.05, 4.69) is 10.3 Å². The average Bonchev–Trinajstić information content (AvgIpc) is 3.08. The molecule has 0 radical (unpaired) electrons. The highest BCUT2D eigenvalue weighted by Gasteiger charge is 2.22. The van der Waals surface area contributed by atoms with Gasteiger partial charge < -0.3 is 19.5 Å². The Morgan fingerprint density at radius 2 is 2.50 bits per heavy atom. The van der Waals surface area contributed by atoms with Gasteiger partial charge in [-0.1, -0.05) is 0 Å². The van der Waals surface area contributed by atoms with Crippen LogP contribution in [-0.2, 0) is 11.3 Å². The lowest BCUT2D eigenvalue weighted by atomic mass is 10.1. The van der Waals surface area contributed by atoms with Crippen molar-refractivity contribution in [1.29, 1.82) is 0 Å². The van der Waals surface area contributed by atoms with Crippen molar-refractivity contribution in [2.45, 2.75) is 32.9 Å². The van der Waals surface area contributed by atoms with Crippen LogP contribution in [0.4, 0.5) is 4.79 Å². The van der Waals surface area contributed by atoms with Gasteiger partial charge in [0, 0.05) is 50.6 Å². The number of carbonyl (C=O) groups excluding carboxylic acids is 1. The van der Waals surface area contributed by atoms with E-state index in [9.17, 15) is 4.79 Å². The molecule has 0 unspecified atom stereocenters. The predicted octanol–water partition coefficient (Wildman–Crippen LogP) is 1.34. The maximum absolute atomic E-state index is 12.3. The number of nitrogens with zero attached hydrogens (tertiary/aromatic N) is 3. The molecule has 1 N–H and O–H groups in total. The van der Waals surface area contributed by atoms with Crippen LogP contribution in [0.1, 0.15) is 20.3 Å². The molecule has 0 bridgehead atoms. The van der Waals surface area contributed by atoms with Gasteiger partial charge in [-0.2, -0.15) is 0 Å². The van der Waals surface area contributed by atoms with Gasteiger partial charge in [0.05, 0.1) is 12.9 Å². The largest absolute Gasteiger partial charge is 0.381 e. The Hall–Kier alpha value is -1.56. The summed E-state index contributed by atoms with van der Waals surface area (Å²) >= 11 is 0. The summed E-state index contributed by atoms with van der Waals surface area (Å²) in [6.07, 6.45) is 6.45. The molecule has 0 aromatic carbocycles. The van der Waals surface area contributed by atoms with Crippen molar-refractivity contribution >= 4 is 6.03 Å². The number of urea groups is 1. The van der Waals surface area contributed by atoms with Gasteiger partial charge in [-0.25, -0.2) is 9.78 Å². The Bertz CT molecular complexity index is 401. The summed E-state index contributed by atoms with van der Waals surface area (Å²) in [7, 11) is 0. The zero-order chi connectivity index (χ0) is 14.4. The third kappa shape index (κ3) is 4.23. The van der Waals surface area contributed by atoms with Crippen LogP contribution in [0.5, 0.6) is 0 Å². The van der Waals surface area contributed by atoms with Crippen molar-refractivity contribution in [1.82, 2.24) is 19.8 Å². The minimum Gasteiger partial charge on any atom is -0.381 e. The topological polar surface area (TPSA) is 59.4 Å². The van der Waals surface area contributed by atoms with Gasteiger partial charge in [-0.3, -0.25) is 0 Å². The van der Waals surface area contributed by atoms with Gasteiger partial charge in [-0.15, -0.1) is 0 Å². The first-order valence-corrected chi connectivity index (χ1v) is 7.28. The molecule has 1 saturated heterocycles. The highest BCUT2D eigenvalue weighted by atomic mass is 16.5. The highest BCUT2D eigenvalue weighted by molar-refractivity contribution is 5.74. The normalized spacial score (nSPS) is 19.8. The molecule has 6 nitrogen and oxygen atoms in total. The molecule has 20 heavy (non-hydrogen) atoms. The number of nitrogens with one attached hydrogen (secondary N) is 1. The Morgan fingerprint density at radius 1 is 1.65 bits per heavy atom. The lowest BCUT2D eigenvalue weighted by Gasteiger charge is -2.26. The van der Waals surface area contributed by atoms with Crippen LogP contribution in [0.25, 0.3) is 0 Å². The molecule has 1 aromatic rings. The second-order valence-electron chi connectivity index (χ2n) is 5.38. The van der Waals surface area contributed by atoms with E-state index in [1.54, 1.807) is 12.5 Å². The second-order valence-corrected chi connectivity index (χ2v) is 5.38. The number of carbonyl (C=O) groups is 1. The molecule has 2 rings (SSSR count). The van der Waals surface area contributed by atoms with Crippen molar-refractivity contribution in [3.8, 4) is 0 Å². The first-order valence-electron chi connectivity index (χ1n) is 7.28. The fraction of sp³-hybridized carbons (Fsp3) is 0.714. The molecule has 2 amide bonds. The van der Waals surface area contributed by atoms with Gasteiger partial charge in [-0.05, 0) is 20.3 Å². The fourth-order valence-electron chi connectivity index (χ4n) is 2.45. The van der Waals surface area contributed by atoms with E-state index in [1.807, 2.05) is 29.5 Å². The molecular weight excluding hydrogens is 256 g/mol. The minimum atomic E-state index is 0.00650. The summed E-state index contributed by atoms with van der Waals surface area (Å²) in [6, 6.07) is 0.0811. The van der Waals surface area contributed by atoms with Gasteiger partial charge >= 0.3 is 6.03 Å². The number of amides is 2. The zero-order valence-electron chi connectivity index (χ0n) is 12.3. The lowest BCUT2D eigenvalue weighted by molar-refractivity contribution is 0.164. The summed E-state index contributed by atoms with van der Waals surface area (Å²) in [5.41, 5.74) is 0. The maximum atomic E-state index is 12.3. The maximum Gasteiger partial charge on any atom is 0.317 e. The van der Waals surface area contributed by atoms with E-state index in [4.69, 9.17) is 4.74 Å². The number of aromatic nitrogens is 2. The van der Waals surface area contributed by atoms with E-state index < -0.39 is 0 Å². The minimum absolute atomic E-state index is 0.00650. The molecule has 1 aromatic heterocycles. The van der Waals surface area contributed by atoms with E-state index in [1.165, 1.54) is 0 Å². The van der Waals surface area contributed by atoms with E-state index in [0.29, 0.717) is 5.92 Å². The number of rotatable bonds is 6. The Balaban J connectivity index is 1.78. The smallest absolute Gasteiger partial charge is 0.317 e. The van der Waals surface area contributed by atoms with Crippen LogP contribution in [0.15, 0.2) is 18.7 Å². The Kier molecular flexibility index (Phi) is 5.40. The summed E-state index contributed by atoms with van der Waals surface area (Å²) in [5, 5.41) is 3.04. The molecule has 112 valence electrons. The van der Waals surface area contributed by atoms with E-state index in [-0.39, 0.29) is 12.1 Å². The molecule has 0 aliphatic carbocycles. The van der Waals surface area contributed by atoms with Gasteiger partial charge in [0.1, 0.15) is 0 Å². The highest BCUT2D eigenvalue weighted by Crippen LogP contribution is 2.14. The molecule has 6 heteroatoms. The second kappa shape index (κ2) is 7.28. The lowest BCUT2D eigenvalue weighted by Crippen LogP contribution is -2.46. The molecular formula is C14H24N4O2. The summed E-state index contributed by atoms with van der Waals surface area (Å²) in [4.78, 5) is 18.1. The third-order valence-electron chi connectivity index (χ3n) is 3.59. The van der Waals surface area contributed by atoms with Crippen molar-refractivity contribution in [3.05, 3.63) is 18.7 Å². The number of hydrogen-bond donors (Lipinski definition) is 1. The first-order chi connectivity index (χ1) is 9.69. The zero-order valence-corrected chi connectivity index (χ0v) is 12.3. The van der Waals surface area contributed by atoms with Gasteiger partial charge in [0.2, 0.25) is 0 Å². The quantitative estimate of drug-likeness (QED) is 0.855. The molecule has 1 aliphatic heterocycles. The predicted molar refractivity (Wildman–Crippen MR) is 76.4 cm³/mol. The standard InChI is InChI=1S/C14H24N4O2/c1-3-18(9-13-4-7-20-10-13)14(19)16-12(2)8-17-6-5-15-11-17/h5-6,11-13H,3-4,7-10H2,1-2H3,(H,16,19)/t12-,13-/m1/s1. The SMILES string of the molecule is CCN(C[C@H]1CCOC1)C(=O)N[C@H](C)Cn1ccnc1. The van der Waals surface area contributed by atoms with Crippen molar-refractivity contribution in [2.24, 2.45) is 5.92 Å². The van der Waals surface area contributed by atoms with Crippen LogP contribution in [0.2, 0.25) is 0 Å². The molecule has 1 aliphatic rings. The van der Waals surface area contributed by atoms with Crippen LogP contribution in [0.3, 0.4) is 0 Å². The molecule has 2 heterocycles. The fourth-order valence-corrected chi connectivity index (χ4v) is 2.45. The number of ether oxygens (including phenoxy) is 1. The summed E-state index contributed by atoms with van der Waals surface area (Å²) in [5.74, 6) is 0.477. The first kappa shape index (κ1) is 14.8. The summed E-state index contributed by atoms with van der Waals surface area (Å²) < 4.78 is 7.33. The van der Waals surface area contributed by atoms with Crippen molar-refractivity contribution in [3.63, 3.8) is 0 Å². The van der Waals surface area contributed by atoms with Gasteiger partial charge in [0.15, 0.2) is 0 Å².